The molecule has 2 heterocycles. The first kappa shape index (κ1) is 19.4. The van der Waals surface area contributed by atoms with Gasteiger partial charge in [0.05, 0.1) is 28.7 Å². The molecule has 2 aliphatic heterocycles. The third-order valence-electron chi connectivity index (χ3n) is 4.58. The second-order valence-electron chi connectivity index (χ2n) is 6.76. The lowest BCUT2D eigenvalue weighted by Gasteiger charge is -2.20. The minimum absolute atomic E-state index is 0.0677. The minimum atomic E-state index is -0.888. The Morgan fingerprint density at radius 1 is 1.33 bits per heavy atom. The Morgan fingerprint density at radius 3 is 2.74 bits per heavy atom. The van der Waals surface area contributed by atoms with E-state index >= 15 is 0 Å². The SMILES string of the molecule is COCCOC(=O)N1C(=O)C(C)(C)c2cc(C3=NNC(=O)SC3C)ccc21. The third-order valence-corrected chi connectivity index (χ3v) is 5.46. The standard InChI is InChI=1S/C18H21N3O5S/c1-10-14(19-20-16(23)27-10)11-5-6-13-12(9-11)18(2,3)15(22)21(13)17(24)26-8-7-25-4/h5-6,9-10H,7-8H2,1-4H3,(H,20,23). The zero-order chi connectivity index (χ0) is 19.8. The molecule has 8 nitrogen and oxygen atoms in total. The Balaban J connectivity index is 1.95. The van der Waals surface area contributed by atoms with Crippen molar-refractivity contribution in [3.8, 4) is 0 Å². The fourth-order valence-corrected chi connectivity index (χ4v) is 3.81. The van der Waals surface area contributed by atoms with Crippen molar-refractivity contribution in [2.24, 2.45) is 5.10 Å². The molecule has 1 atom stereocenters. The first-order valence-corrected chi connectivity index (χ1v) is 9.34. The number of benzene rings is 1. The Morgan fingerprint density at radius 2 is 2.07 bits per heavy atom. The van der Waals surface area contributed by atoms with E-state index in [1.807, 2.05) is 13.0 Å². The number of carbonyl (C=O) groups is 3. The lowest BCUT2D eigenvalue weighted by Crippen LogP contribution is -2.40. The number of nitrogens with one attached hydrogen (secondary N) is 1. The highest BCUT2D eigenvalue weighted by atomic mass is 32.2. The molecule has 0 radical (unpaired) electrons. The number of rotatable bonds is 4. The molecule has 3 rings (SSSR count). The number of hydrogen-bond acceptors (Lipinski definition) is 7. The van der Waals surface area contributed by atoms with Crippen molar-refractivity contribution in [2.45, 2.75) is 31.4 Å². The number of carbonyl (C=O) groups excluding carboxylic acids is 3. The molecule has 27 heavy (non-hydrogen) atoms. The van der Waals surface area contributed by atoms with Crippen LogP contribution in [0.3, 0.4) is 0 Å². The molecule has 0 saturated heterocycles. The Hall–Kier alpha value is -2.39. The lowest BCUT2D eigenvalue weighted by atomic mass is 9.85. The van der Waals surface area contributed by atoms with Crippen LogP contribution in [0.5, 0.6) is 0 Å². The van der Waals surface area contributed by atoms with E-state index in [1.54, 1.807) is 26.0 Å². The number of ether oxygens (including phenoxy) is 2. The van der Waals surface area contributed by atoms with Crippen LogP contribution in [0.15, 0.2) is 23.3 Å². The number of methoxy groups -OCH3 is 1. The highest BCUT2D eigenvalue weighted by Crippen LogP contribution is 2.42. The molecule has 1 aromatic carbocycles. The number of thioether (sulfide) groups is 1. The maximum Gasteiger partial charge on any atom is 0.421 e. The van der Waals surface area contributed by atoms with Crippen molar-refractivity contribution < 1.29 is 23.9 Å². The topological polar surface area (TPSA) is 97.3 Å². The molecule has 1 unspecified atom stereocenters. The van der Waals surface area contributed by atoms with Crippen molar-refractivity contribution in [1.29, 1.82) is 0 Å². The smallest absolute Gasteiger partial charge is 0.421 e. The van der Waals surface area contributed by atoms with Crippen LogP contribution in [-0.4, -0.2) is 48.5 Å². The molecule has 0 spiro atoms. The summed E-state index contributed by atoms with van der Waals surface area (Å²) in [5.74, 6) is -0.349. The monoisotopic (exact) mass is 391 g/mol. The second-order valence-corrected chi connectivity index (χ2v) is 8.07. The average Bonchev–Trinajstić information content (AvgIpc) is 2.81. The van der Waals surface area contributed by atoms with Crippen molar-refractivity contribution in [3.05, 3.63) is 29.3 Å². The number of amides is 3. The summed E-state index contributed by atoms with van der Waals surface area (Å²) in [5.41, 5.74) is 4.29. The van der Waals surface area contributed by atoms with Crippen LogP contribution in [0.1, 0.15) is 31.9 Å². The predicted octanol–water partition coefficient (Wildman–Crippen LogP) is 2.64. The first-order chi connectivity index (χ1) is 12.8. The zero-order valence-corrected chi connectivity index (χ0v) is 16.4. The number of nitrogens with zero attached hydrogens (tertiary/aromatic N) is 2. The Bertz CT molecular complexity index is 836. The van der Waals surface area contributed by atoms with Gasteiger partial charge in [-0.25, -0.2) is 15.1 Å². The summed E-state index contributed by atoms with van der Waals surface area (Å²) >= 11 is 1.15. The maximum absolute atomic E-state index is 12.9. The number of anilines is 1. The number of hydrogen-bond donors (Lipinski definition) is 1. The molecule has 0 fully saturated rings. The second kappa shape index (κ2) is 7.32. The van der Waals surface area contributed by atoms with Crippen LogP contribution in [0.2, 0.25) is 0 Å². The maximum atomic E-state index is 12.9. The lowest BCUT2D eigenvalue weighted by molar-refractivity contribution is -0.121. The van der Waals surface area contributed by atoms with Crippen molar-refractivity contribution >= 4 is 40.4 Å². The molecule has 144 valence electrons. The quantitative estimate of drug-likeness (QED) is 0.793. The largest absolute Gasteiger partial charge is 0.446 e. The molecule has 2 aliphatic rings. The van der Waals surface area contributed by atoms with E-state index in [9.17, 15) is 14.4 Å². The van der Waals surface area contributed by atoms with Gasteiger partial charge in [-0.1, -0.05) is 17.8 Å². The van der Waals surface area contributed by atoms with Gasteiger partial charge >= 0.3 is 6.09 Å². The molecule has 3 amide bonds. The molecular weight excluding hydrogens is 370 g/mol. The highest BCUT2D eigenvalue weighted by molar-refractivity contribution is 8.14. The summed E-state index contributed by atoms with van der Waals surface area (Å²) in [6, 6.07) is 5.35. The number of fused-ring (bicyclic) bond motifs is 1. The van der Waals surface area contributed by atoms with E-state index < -0.39 is 11.5 Å². The van der Waals surface area contributed by atoms with Gasteiger partial charge in [0.25, 0.3) is 5.24 Å². The first-order valence-electron chi connectivity index (χ1n) is 8.46. The number of imide groups is 1. The van der Waals surface area contributed by atoms with Gasteiger partial charge in [0, 0.05) is 7.11 Å². The minimum Gasteiger partial charge on any atom is -0.446 e. The molecule has 9 heteroatoms. The van der Waals surface area contributed by atoms with Crippen LogP contribution >= 0.6 is 11.8 Å². The molecule has 0 aromatic heterocycles. The van der Waals surface area contributed by atoms with Crippen molar-refractivity contribution in [3.63, 3.8) is 0 Å². The van der Waals surface area contributed by atoms with Crippen LogP contribution in [-0.2, 0) is 19.7 Å². The zero-order valence-electron chi connectivity index (χ0n) is 15.6. The van der Waals surface area contributed by atoms with Crippen LogP contribution in [0, 0.1) is 0 Å². The van der Waals surface area contributed by atoms with Gasteiger partial charge in [-0.3, -0.25) is 9.59 Å². The van der Waals surface area contributed by atoms with Crippen molar-refractivity contribution in [1.82, 2.24) is 5.43 Å². The third kappa shape index (κ3) is 3.44. The van der Waals surface area contributed by atoms with E-state index in [1.165, 1.54) is 7.11 Å². The average molecular weight is 391 g/mol. The van der Waals surface area contributed by atoms with Gasteiger partial charge in [0.15, 0.2) is 0 Å². The summed E-state index contributed by atoms with van der Waals surface area (Å²) < 4.78 is 10.00. The van der Waals surface area contributed by atoms with Gasteiger partial charge in [-0.15, -0.1) is 0 Å². The van der Waals surface area contributed by atoms with Gasteiger partial charge in [-0.2, -0.15) is 5.10 Å². The predicted molar refractivity (Wildman–Crippen MR) is 102 cm³/mol. The number of hydrazone groups is 1. The summed E-state index contributed by atoms with van der Waals surface area (Å²) in [7, 11) is 1.50. The van der Waals surface area contributed by atoms with Gasteiger partial charge < -0.3 is 9.47 Å². The molecule has 1 aromatic rings. The molecule has 1 N–H and O–H groups in total. The summed E-state index contributed by atoms with van der Waals surface area (Å²) in [6.45, 7) is 5.75. The highest BCUT2D eigenvalue weighted by Gasteiger charge is 2.47. The van der Waals surface area contributed by atoms with Gasteiger partial charge in [0.2, 0.25) is 5.91 Å². The fraction of sp³-hybridized carbons (Fsp3) is 0.444. The Kier molecular flexibility index (Phi) is 5.25. The molecule has 0 saturated carbocycles. The van der Waals surface area contributed by atoms with Gasteiger partial charge in [0.1, 0.15) is 6.61 Å². The van der Waals surface area contributed by atoms with Crippen LogP contribution < -0.4 is 10.3 Å². The van der Waals surface area contributed by atoms with Crippen molar-refractivity contribution in [2.75, 3.05) is 25.2 Å². The van der Waals surface area contributed by atoms with Crippen LogP contribution in [0.25, 0.3) is 0 Å². The summed E-state index contributed by atoms with van der Waals surface area (Å²) in [4.78, 5) is 37.8. The summed E-state index contributed by atoms with van der Waals surface area (Å²) in [6.07, 6.45) is -0.720. The Labute approximate surface area is 161 Å². The molecule has 0 aliphatic carbocycles. The van der Waals surface area contributed by atoms with Crippen LogP contribution in [0.4, 0.5) is 15.3 Å². The molecule has 0 bridgehead atoms. The van der Waals surface area contributed by atoms with E-state index in [2.05, 4.69) is 10.5 Å². The van der Waals surface area contributed by atoms with E-state index in [0.717, 1.165) is 22.2 Å². The van der Waals surface area contributed by atoms with E-state index in [-0.39, 0.29) is 29.6 Å². The van der Waals surface area contributed by atoms with E-state index in [0.29, 0.717) is 17.0 Å². The summed E-state index contributed by atoms with van der Waals surface area (Å²) in [5, 5.41) is 3.83. The normalized spacial score (nSPS) is 20.8. The fourth-order valence-electron chi connectivity index (χ4n) is 3.09. The van der Waals surface area contributed by atoms with E-state index in [4.69, 9.17) is 9.47 Å². The molecular formula is C18H21N3O5S. The van der Waals surface area contributed by atoms with Gasteiger partial charge in [-0.05, 0) is 44.0 Å².